The average Bonchev–Trinajstić information content (AvgIpc) is 2.35. The Bertz CT molecular complexity index is 445. The molecule has 0 saturated carbocycles. The van der Waals surface area contributed by atoms with Gasteiger partial charge >= 0.3 is 0 Å². The van der Waals surface area contributed by atoms with Gasteiger partial charge in [0.2, 0.25) is 0 Å². The van der Waals surface area contributed by atoms with E-state index in [0.29, 0.717) is 0 Å². The van der Waals surface area contributed by atoms with Gasteiger partial charge in [0, 0.05) is 24.5 Å². The monoisotopic (exact) mass is 229 g/mol. The fourth-order valence-corrected chi connectivity index (χ4v) is 1.51. The molecule has 1 heterocycles. The number of allylic oxidation sites excluding steroid dienone is 3. The van der Waals surface area contributed by atoms with Crippen molar-refractivity contribution in [2.45, 2.75) is 13.8 Å². The first-order valence-electron chi connectivity index (χ1n) is 5.57. The molecule has 0 bridgehead atoms. The Balaban J connectivity index is 3.21. The van der Waals surface area contributed by atoms with Gasteiger partial charge in [-0.3, -0.25) is 4.98 Å². The minimum atomic E-state index is 0.999. The summed E-state index contributed by atoms with van der Waals surface area (Å²) >= 11 is 0. The molecule has 0 aliphatic carbocycles. The molecule has 1 aromatic rings. The van der Waals surface area contributed by atoms with E-state index in [4.69, 9.17) is 0 Å². The number of hydrogen-bond donors (Lipinski definition) is 2. The third-order valence-electron chi connectivity index (χ3n) is 2.39. The van der Waals surface area contributed by atoms with E-state index < -0.39 is 0 Å². The van der Waals surface area contributed by atoms with Gasteiger partial charge in [0.05, 0.1) is 11.9 Å². The van der Waals surface area contributed by atoms with Gasteiger partial charge in [-0.2, -0.15) is 0 Å². The molecular weight excluding hydrogens is 210 g/mol. The van der Waals surface area contributed by atoms with Gasteiger partial charge in [0.15, 0.2) is 0 Å². The SMILES string of the molecule is C=CN/C=C(\C=C/C)c1cc(NC)cnc1C. The van der Waals surface area contributed by atoms with Gasteiger partial charge in [-0.05, 0) is 31.7 Å². The third-order valence-corrected chi connectivity index (χ3v) is 2.39. The lowest BCUT2D eigenvalue weighted by Crippen LogP contribution is -1.99. The summed E-state index contributed by atoms with van der Waals surface area (Å²) in [6.45, 7) is 7.63. The second-order valence-electron chi connectivity index (χ2n) is 3.58. The number of rotatable bonds is 5. The van der Waals surface area contributed by atoms with Crippen molar-refractivity contribution in [3.8, 4) is 0 Å². The van der Waals surface area contributed by atoms with Crippen LogP contribution in [-0.4, -0.2) is 12.0 Å². The number of aromatic nitrogens is 1. The van der Waals surface area contributed by atoms with Crippen LogP contribution >= 0.6 is 0 Å². The molecular formula is C14H19N3. The predicted octanol–water partition coefficient (Wildman–Crippen LogP) is 3.08. The summed E-state index contributed by atoms with van der Waals surface area (Å²) in [7, 11) is 1.89. The summed E-state index contributed by atoms with van der Waals surface area (Å²) < 4.78 is 0. The second kappa shape index (κ2) is 6.53. The maximum atomic E-state index is 4.37. The van der Waals surface area contributed by atoms with Crippen LogP contribution in [0.2, 0.25) is 0 Å². The van der Waals surface area contributed by atoms with Gasteiger partial charge < -0.3 is 10.6 Å². The number of hydrogen-bond acceptors (Lipinski definition) is 3. The minimum absolute atomic E-state index is 0.999. The summed E-state index contributed by atoms with van der Waals surface area (Å²) in [5.41, 5.74) is 4.18. The van der Waals surface area contributed by atoms with Crippen molar-refractivity contribution in [2.75, 3.05) is 12.4 Å². The zero-order chi connectivity index (χ0) is 12.7. The van der Waals surface area contributed by atoms with E-state index in [2.05, 4.69) is 28.3 Å². The highest BCUT2D eigenvalue weighted by molar-refractivity contribution is 5.76. The van der Waals surface area contributed by atoms with Crippen molar-refractivity contribution >= 4 is 11.3 Å². The molecule has 0 fully saturated rings. The Morgan fingerprint density at radius 3 is 2.82 bits per heavy atom. The zero-order valence-corrected chi connectivity index (χ0v) is 10.6. The Kier molecular flexibility index (Phi) is 5.01. The number of anilines is 1. The Morgan fingerprint density at radius 1 is 1.47 bits per heavy atom. The molecule has 90 valence electrons. The topological polar surface area (TPSA) is 37.0 Å². The average molecular weight is 229 g/mol. The lowest BCUT2D eigenvalue weighted by molar-refractivity contribution is 1.16. The summed E-state index contributed by atoms with van der Waals surface area (Å²) in [5.74, 6) is 0. The summed E-state index contributed by atoms with van der Waals surface area (Å²) in [4.78, 5) is 4.37. The largest absolute Gasteiger partial charge is 0.387 e. The number of nitrogens with one attached hydrogen (secondary N) is 2. The number of nitrogens with zero attached hydrogens (tertiary/aromatic N) is 1. The van der Waals surface area contributed by atoms with E-state index in [1.54, 1.807) is 6.20 Å². The molecule has 0 aromatic carbocycles. The molecule has 0 aliphatic rings. The maximum Gasteiger partial charge on any atom is 0.0530 e. The van der Waals surface area contributed by atoms with Crippen LogP contribution in [-0.2, 0) is 0 Å². The van der Waals surface area contributed by atoms with E-state index in [1.165, 1.54) is 0 Å². The Hall–Kier alpha value is -2.03. The highest BCUT2D eigenvalue weighted by Crippen LogP contribution is 2.21. The molecule has 0 radical (unpaired) electrons. The van der Waals surface area contributed by atoms with Gasteiger partial charge in [-0.25, -0.2) is 0 Å². The Labute approximate surface area is 103 Å². The Morgan fingerprint density at radius 2 is 2.24 bits per heavy atom. The lowest BCUT2D eigenvalue weighted by atomic mass is 10.0. The van der Waals surface area contributed by atoms with Crippen molar-refractivity contribution in [3.63, 3.8) is 0 Å². The molecule has 2 N–H and O–H groups in total. The summed E-state index contributed by atoms with van der Waals surface area (Å²) in [6, 6.07) is 2.08. The molecule has 0 atom stereocenters. The van der Waals surface area contributed by atoms with Crippen molar-refractivity contribution in [1.82, 2.24) is 10.3 Å². The zero-order valence-electron chi connectivity index (χ0n) is 10.6. The first-order valence-corrected chi connectivity index (χ1v) is 5.57. The van der Waals surface area contributed by atoms with Crippen LogP contribution in [0.15, 0.2) is 43.4 Å². The molecule has 17 heavy (non-hydrogen) atoms. The highest BCUT2D eigenvalue weighted by atomic mass is 14.8. The van der Waals surface area contributed by atoms with E-state index in [1.807, 2.05) is 45.4 Å². The normalized spacial score (nSPS) is 11.6. The first kappa shape index (κ1) is 13.0. The molecule has 0 spiro atoms. The van der Waals surface area contributed by atoms with Crippen LogP contribution < -0.4 is 10.6 Å². The van der Waals surface area contributed by atoms with Gasteiger partial charge in [0.1, 0.15) is 0 Å². The van der Waals surface area contributed by atoms with E-state index >= 15 is 0 Å². The maximum absolute atomic E-state index is 4.37. The summed E-state index contributed by atoms with van der Waals surface area (Å²) in [6.07, 6.45) is 9.43. The van der Waals surface area contributed by atoms with Crippen LogP contribution in [0.5, 0.6) is 0 Å². The molecule has 0 amide bonds. The highest BCUT2D eigenvalue weighted by Gasteiger charge is 2.04. The smallest absolute Gasteiger partial charge is 0.0530 e. The third kappa shape index (κ3) is 3.48. The van der Waals surface area contributed by atoms with Gasteiger partial charge in [-0.15, -0.1) is 0 Å². The molecule has 0 aliphatic heterocycles. The van der Waals surface area contributed by atoms with E-state index in [9.17, 15) is 0 Å². The molecule has 3 nitrogen and oxygen atoms in total. The van der Waals surface area contributed by atoms with Crippen molar-refractivity contribution in [2.24, 2.45) is 0 Å². The standard InChI is InChI=1S/C14H19N3/c1-5-7-12(9-16-6-2)14-8-13(15-4)10-17-11(14)3/h5-10,15-16H,2H2,1,3-4H3/b7-5-,12-9+. The van der Waals surface area contributed by atoms with E-state index in [0.717, 1.165) is 22.5 Å². The van der Waals surface area contributed by atoms with Crippen molar-refractivity contribution in [3.05, 3.63) is 54.7 Å². The molecule has 1 aromatic heterocycles. The van der Waals surface area contributed by atoms with Crippen LogP contribution in [0, 0.1) is 6.92 Å². The van der Waals surface area contributed by atoms with E-state index in [-0.39, 0.29) is 0 Å². The second-order valence-corrected chi connectivity index (χ2v) is 3.58. The van der Waals surface area contributed by atoms with Gasteiger partial charge in [0.25, 0.3) is 0 Å². The molecule has 1 rings (SSSR count). The molecule has 3 heteroatoms. The number of pyridine rings is 1. The van der Waals surface area contributed by atoms with Crippen LogP contribution in [0.3, 0.4) is 0 Å². The molecule has 0 unspecified atom stereocenters. The summed E-state index contributed by atoms with van der Waals surface area (Å²) in [5, 5.41) is 6.09. The number of aryl methyl sites for hydroxylation is 1. The quantitative estimate of drug-likeness (QED) is 0.762. The predicted molar refractivity (Wildman–Crippen MR) is 74.6 cm³/mol. The first-order chi connectivity index (χ1) is 8.22. The minimum Gasteiger partial charge on any atom is -0.387 e. The van der Waals surface area contributed by atoms with Gasteiger partial charge in [-0.1, -0.05) is 18.7 Å². The van der Waals surface area contributed by atoms with Crippen molar-refractivity contribution in [1.29, 1.82) is 0 Å². The lowest BCUT2D eigenvalue weighted by Gasteiger charge is -2.09. The van der Waals surface area contributed by atoms with Crippen LogP contribution in [0.1, 0.15) is 18.2 Å². The molecule has 0 saturated heterocycles. The van der Waals surface area contributed by atoms with Crippen LogP contribution in [0.25, 0.3) is 5.57 Å². The fraction of sp³-hybridized carbons (Fsp3) is 0.214. The van der Waals surface area contributed by atoms with Crippen molar-refractivity contribution < 1.29 is 0 Å². The van der Waals surface area contributed by atoms with Crippen LogP contribution in [0.4, 0.5) is 5.69 Å². The fourth-order valence-electron chi connectivity index (χ4n) is 1.51.